The zero-order valence-corrected chi connectivity index (χ0v) is 31.0. The van der Waals surface area contributed by atoms with E-state index in [2.05, 4.69) is 164 Å². The molecule has 2 aliphatic rings. The average Bonchev–Trinajstić information content (AvgIpc) is 3.90. The number of hydrogen-bond acceptors (Lipinski definition) is 4. The highest BCUT2D eigenvalue weighted by molar-refractivity contribution is 7.26. The second-order valence-electron chi connectivity index (χ2n) is 14.7. The third-order valence-electron chi connectivity index (χ3n) is 11.7. The summed E-state index contributed by atoms with van der Waals surface area (Å²) in [6.45, 7) is 0. The van der Waals surface area contributed by atoms with Crippen molar-refractivity contribution in [2.75, 3.05) is 0 Å². The molecule has 2 heterocycles. The minimum Gasteiger partial charge on any atom is -0.208 e. The van der Waals surface area contributed by atoms with Gasteiger partial charge >= 0.3 is 0 Å². The Balaban J connectivity index is 1.10. The van der Waals surface area contributed by atoms with Crippen molar-refractivity contribution >= 4 is 31.5 Å². The third kappa shape index (κ3) is 4.42. The Kier molecular flexibility index (Phi) is 6.72. The molecule has 0 radical (unpaired) electrons. The molecule has 0 saturated heterocycles. The van der Waals surface area contributed by atoms with Crippen molar-refractivity contribution in [2.45, 2.75) is 5.41 Å². The zero-order chi connectivity index (χ0) is 36.8. The number of aromatic nitrogens is 3. The Hall–Kier alpha value is -7.01. The summed E-state index contributed by atoms with van der Waals surface area (Å²) in [4.78, 5) is 15.6. The van der Waals surface area contributed by atoms with Crippen LogP contribution in [0.4, 0.5) is 0 Å². The van der Waals surface area contributed by atoms with Crippen molar-refractivity contribution in [1.82, 2.24) is 15.0 Å². The summed E-state index contributed by atoms with van der Waals surface area (Å²) in [5, 5.41) is 2.40. The number of rotatable bonds is 4. The van der Waals surface area contributed by atoms with Crippen LogP contribution >= 0.6 is 11.3 Å². The molecule has 0 aliphatic heterocycles. The maximum atomic E-state index is 5.27. The highest BCUT2D eigenvalue weighted by Crippen LogP contribution is 2.63. The quantitative estimate of drug-likeness (QED) is 0.181. The Morgan fingerprint density at radius 2 is 0.821 bits per heavy atom. The van der Waals surface area contributed by atoms with Gasteiger partial charge in [0.25, 0.3) is 0 Å². The fraction of sp³-hybridized carbons (Fsp3) is 0.0192. The van der Waals surface area contributed by atoms with Crippen molar-refractivity contribution in [3.8, 4) is 67.5 Å². The van der Waals surface area contributed by atoms with Gasteiger partial charge in [-0.25, -0.2) is 15.0 Å². The van der Waals surface area contributed by atoms with Gasteiger partial charge in [0.2, 0.25) is 0 Å². The summed E-state index contributed by atoms with van der Waals surface area (Å²) in [5.74, 6) is 1.97. The van der Waals surface area contributed by atoms with Crippen LogP contribution in [0.3, 0.4) is 0 Å². The molecular weight excluding hydrogens is 699 g/mol. The monoisotopic (exact) mass is 729 g/mol. The molecule has 1 spiro atoms. The Labute approximate surface area is 328 Å². The first-order valence-electron chi connectivity index (χ1n) is 19.0. The first-order valence-corrected chi connectivity index (χ1v) is 19.8. The Bertz CT molecular complexity index is 3160. The maximum absolute atomic E-state index is 5.27. The van der Waals surface area contributed by atoms with Crippen LogP contribution in [0.25, 0.3) is 87.7 Å². The van der Waals surface area contributed by atoms with E-state index in [-0.39, 0.29) is 5.41 Å². The van der Waals surface area contributed by atoms with Gasteiger partial charge in [0.05, 0.1) is 5.41 Å². The van der Waals surface area contributed by atoms with Gasteiger partial charge in [-0.3, -0.25) is 0 Å². The summed E-state index contributed by atoms with van der Waals surface area (Å²) in [6.07, 6.45) is 0. The Morgan fingerprint density at radius 3 is 1.50 bits per heavy atom. The van der Waals surface area contributed by atoms with Crippen LogP contribution in [-0.2, 0) is 5.41 Å². The second-order valence-corrected chi connectivity index (χ2v) is 15.8. The molecule has 0 N–H and O–H groups in total. The number of hydrogen-bond donors (Lipinski definition) is 0. The molecule has 0 amide bonds. The molecular formula is C52H31N3S. The fourth-order valence-corrected chi connectivity index (χ4v) is 10.6. The highest BCUT2D eigenvalue weighted by atomic mass is 32.1. The average molecular weight is 730 g/mol. The molecule has 0 atom stereocenters. The predicted octanol–water partition coefficient (Wildman–Crippen LogP) is 13.3. The van der Waals surface area contributed by atoms with E-state index in [1.54, 1.807) is 0 Å². The van der Waals surface area contributed by atoms with Crippen molar-refractivity contribution in [2.24, 2.45) is 0 Å². The highest BCUT2D eigenvalue weighted by Gasteiger charge is 2.51. The molecule has 2 aliphatic carbocycles. The summed E-state index contributed by atoms with van der Waals surface area (Å²) in [6, 6.07) is 67.7. The molecule has 8 aromatic carbocycles. The lowest BCUT2D eigenvalue weighted by Gasteiger charge is -2.30. The molecule has 0 bridgehead atoms. The van der Waals surface area contributed by atoms with E-state index in [1.807, 2.05) is 35.6 Å². The van der Waals surface area contributed by atoms with Gasteiger partial charge in [-0.2, -0.15) is 0 Å². The molecule has 0 fully saturated rings. The van der Waals surface area contributed by atoms with Crippen molar-refractivity contribution in [3.05, 3.63) is 210 Å². The first kappa shape index (κ1) is 31.4. The van der Waals surface area contributed by atoms with E-state index in [4.69, 9.17) is 15.0 Å². The lowest BCUT2D eigenvalue weighted by Crippen LogP contribution is -2.25. The first-order chi connectivity index (χ1) is 27.8. The largest absolute Gasteiger partial charge is 0.208 e. The summed E-state index contributed by atoms with van der Waals surface area (Å²) in [7, 11) is 0. The number of thiophene rings is 1. The minimum absolute atomic E-state index is 0.381. The normalized spacial score (nSPS) is 13.1. The van der Waals surface area contributed by atoms with Crippen LogP contribution < -0.4 is 0 Å². The van der Waals surface area contributed by atoms with Crippen LogP contribution in [0, 0.1) is 0 Å². The van der Waals surface area contributed by atoms with Crippen molar-refractivity contribution in [1.29, 1.82) is 0 Å². The van der Waals surface area contributed by atoms with E-state index in [9.17, 15) is 0 Å². The molecule has 2 aromatic heterocycles. The topological polar surface area (TPSA) is 38.7 Å². The molecule has 4 heteroatoms. The molecule has 12 rings (SSSR count). The van der Waals surface area contributed by atoms with Crippen molar-refractivity contribution < 1.29 is 0 Å². The minimum atomic E-state index is -0.381. The third-order valence-corrected chi connectivity index (χ3v) is 12.9. The summed E-state index contributed by atoms with van der Waals surface area (Å²) in [5.41, 5.74) is 15.4. The van der Waals surface area contributed by atoms with Gasteiger partial charge < -0.3 is 0 Å². The number of benzene rings is 8. The number of fused-ring (bicyclic) bond motifs is 13. The van der Waals surface area contributed by atoms with E-state index >= 15 is 0 Å². The molecule has 260 valence electrons. The molecule has 3 nitrogen and oxygen atoms in total. The molecule has 10 aromatic rings. The van der Waals surface area contributed by atoms with E-state index in [0.29, 0.717) is 17.5 Å². The second kappa shape index (κ2) is 12.0. The maximum Gasteiger partial charge on any atom is 0.164 e. The van der Waals surface area contributed by atoms with Crippen LogP contribution in [-0.4, -0.2) is 15.0 Å². The standard InChI is InChI=1S/C52H31N3S/c1-3-15-32(16-4-1)34-19-13-20-35(29-34)50-53-49(33-17-5-2-6-18-33)54-51(55-50)39-24-14-28-46-48(39)41-30-40-38-23-9-12-27-44(38)52(45(40)31-47(41)56-46)42-25-10-7-21-36(42)37-22-8-11-26-43(37)52/h1-31H. The molecule has 56 heavy (non-hydrogen) atoms. The fourth-order valence-electron chi connectivity index (χ4n) is 9.41. The van der Waals surface area contributed by atoms with E-state index in [0.717, 1.165) is 27.8 Å². The van der Waals surface area contributed by atoms with E-state index < -0.39 is 0 Å². The van der Waals surface area contributed by atoms with Crippen LogP contribution in [0.15, 0.2) is 188 Å². The smallest absolute Gasteiger partial charge is 0.164 e. The molecule has 0 unspecified atom stereocenters. The lowest BCUT2D eigenvalue weighted by molar-refractivity contribution is 0.795. The van der Waals surface area contributed by atoms with Gasteiger partial charge in [0.1, 0.15) is 0 Å². The summed E-state index contributed by atoms with van der Waals surface area (Å²) >= 11 is 1.85. The Morgan fingerprint density at radius 1 is 0.321 bits per heavy atom. The lowest BCUT2D eigenvalue weighted by atomic mass is 9.70. The number of nitrogens with zero attached hydrogens (tertiary/aromatic N) is 3. The van der Waals surface area contributed by atoms with E-state index in [1.165, 1.54) is 64.7 Å². The van der Waals surface area contributed by atoms with Crippen LogP contribution in [0.2, 0.25) is 0 Å². The van der Waals surface area contributed by atoms with Gasteiger partial charge in [0.15, 0.2) is 17.5 Å². The van der Waals surface area contributed by atoms with Crippen molar-refractivity contribution in [3.63, 3.8) is 0 Å². The molecule has 0 saturated carbocycles. The van der Waals surface area contributed by atoms with Gasteiger partial charge in [-0.1, -0.05) is 164 Å². The van der Waals surface area contributed by atoms with Crippen LogP contribution in [0.1, 0.15) is 22.3 Å². The zero-order valence-electron chi connectivity index (χ0n) is 30.1. The summed E-state index contributed by atoms with van der Waals surface area (Å²) < 4.78 is 2.47. The van der Waals surface area contributed by atoms with Crippen LogP contribution in [0.5, 0.6) is 0 Å². The SMILES string of the molecule is c1ccc(-c2cccc(-c3nc(-c4ccccc4)nc(-c4cccc5sc6cc7c(cc6c45)-c4ccccc4C74c5ccccc5-c5ccccc54)n3)c2)cc1. The van der Waals surface area contributed by atoms with Gasteiger partial charge in [-0.05, 0) is 79.9 Å². The predicted molar refractivity (Wildman–Crippen MR) is 231 cm³/mol. The van der Waals surface area contributed by atoms with Gasteiger partial charge in [-0.15, -0.1) is 11.3 Å². The van der Waals surface area contributed by atoms with Gasteiger partial charge in [0, 0.05) is 36.9 Å².